The number of carbonyl (C=O) groups is 2. The second-order valence-electron chi connectivity index (χ2n) is 6.61. The molecule has 142 valence electrons. The van der Waals surface area contributed by atoms with Gasteiger partial charge in [0.25, 0.3) is 0 Å². The molecular formula is C24H28O3. The Labute approximate surface area is 162 Å². The van der Waals surface area contributed by atoms with Gasteiger partial charge in [-0.3, -0.25) is 4.79 Å². The fourth-order valence-corrected chi connectivity index (χ4v) is 2.86. The summed E-state index contributed by atoms with van der Waals surface area (Å²) in [7, 11) is 0. The Morgan fingerprint density at radius 1 is 0.741 bits per heavy atom. The molecule has 0 saturated carbocycles. The van der Waals surface area contributed by atoms with Gasteiger partial charge in [-0.25, -0.2) is 4.79 Å². The number of hydrogen-bond donors (Lipinski definition) is 0. The zero-order valence-electron chi connectivity index (χ0n) is 15.9. The van der Waals surface area contributed by atoms with Gasteiger partial charge in [-0.1, -0.05) is 74.2 Å². The molecule has 0 aliphatic heterocycles. The zero-order chi connectivity index (χ0) is 19.3. The van der Waals surface area contributed by atoms with Crippen molar-refractivity contribution in [3.63, 3.8) is 0 Å². The maximum absolute atomic E-state index is 12.4. The summed E-state index contributed by atoms with van der Waals surface area (Å²) in [6.07, 6.45) is 9.85. The van der Waals surface area contributed by atoms with E-state index < -0.39 is 0 Å². The number of ketones is 1. The van der Waals surface area contributed by atoms with E-state index in [1.54, 1.807) is 36.4 Å². The van der Waals surface area contributed by atoms with Crippen LogP contribution >= 0.6 is 0 Å². The molecule has 3 heteroatoms. The third kappa shape index (κ3) is 7.22. The summed E-state index contributed by atoms with van der Waals surface area (Å²) in [5.41, 5.74) is 1.68. The number of rotatable bonds is 12. The Morgan fingerprint density at radius 3 is 1.96 bits per heavy atom. The monoisotopic (exact) mass is 364 g/mol. The summed E-state index contributed by atoms with van der Waals surface area (Å²) >= 11 is 0. The molecule has 0 N–H and O–H groups in total. The number of ether oxygens (including phenoxy) is 1. The number of allylic oxidation sites excluding steroid dienone is 1. The number of benzene rings is 2. The van der Waals surface area contributed by atoms with Crippen LogP contribution < -0.4 is 0 Å². The quantitative estimate of drug-likeness (QED) is 0.201. The summed E-state index contributed by atoms with van der Waals surface area (Å²) in [6.45, 7) is 4.16. The van der Waals surface area contributed by atoms with E-state index in [0.29, 0.717) is 23.3 Å². The molecule has 0 atom stereocenters. The molecule has 27 heavy (non-hydrogen) atoms. The highest BCUT2D eigenvalue weighted by Gasteiger charge is 2.11. The first kappa shape index (κ1) is 20.6. The number of hydrogen-bond acceptors (Lipinski definition) is 3. The highest BCUT2D eigenvalue weighted by atomic mass is 16.5. The van der Waals surface area contributed by atoms with Gasteiger partial charge >= 0.3 is 5.97 Å². The van der Waals surface area contributed by atoms with E-state index in [0.717, 1.165) is 19.3 Å². The average Bonchev–Trinajstić information content (AvgIpc) is 2.72. The van der Waals surface area contributed by atoms with Crippen molar-refractivity contribution >= 4 is 11.8 Å². The lowest BCUT2D eigenvalue weighted by atomic mass is 10.0. The summed E-state index contributed by atoms with van der Waals surface area (Å²) in [4.78, 5) is 24.4. The zero-order valence-corrected chi connectivity index (χ0v) is 15.9. The van der Waals surface area contributed by atoms with Crippen molar-refractivity contribution in [2.45, 2.75) is 44.9 Å². The first-order valence-electron chi connectivity index (χ1n) is 9.70. The Bertz CT molecular complexity index is 717. The summed E-state index contributed by atoms with van der Waals surface area (Å²) in [5.74, 6) is -0.386. The lowest BCUT2D eigenvalue weighted by molar-refractivity contribution is 0.0497. The molecule has 0 bridgehead atoms. The van der Waals surface area contributed by atoms with Gasteiger partial charge in [0, 0.05) is 11.1 Å². The molecule has 2 rings (SSSR count). The third-order valence-corrected chi connectivity index (χ3v) is 4.45. The van der Waals surface area contributed by atoms with Gasteiger partial charge in [0.1, 0.15) is 0 Å². The van der Waals surface area contributed by atoms with E-state index in [-0.39, 0.29) is 11.8 Å². The van der Waals surface area contributed by atoms with Crippen LogP contribution in [0.4, 0.5) is 0 Å². The van der Waals surface area contributed by atoms with E-state index in [1.165, 1.54) is 25.7 Å². The topological polar surface area (TPSA) is 43.4 Å². The molecule has 0 aliphatic rings. The molecular weight excluding hydrogens is 336 g/mol. The van der Waals surface area contributed by atoms with Gasteiger partial charge in [0.2, 0.25) is 0 Å². The highest BCUT2D eigenvalue weighted by Crippen LogP contribution is 2.12. The van der Waals surface area contributed by atoms with Gasteiger partial charge < -0.3 is 4.74 Å². The van der Waals surface area contributed by atoms with Gasteiger partial charge in [0.15, 0.2) is 5.78 Å². The smallest absolute Gasteiger partial charge is 0.338 e. The van der Waals surface area contributed by atoms with Crippen LogP contribution in [0.15, 0.2) is 67.3 Å². The van der Waals surface area contributed by atoms with Crippen LogP contribution in [0, 0.1) is 0 Å². The minimum atomic E-state index is -0.334. The highest BCUT2D eigenvalue weighted by molar-refractivity contribution is 6.09. The lowest BCUT2D eigenvalue weighted by Crippen LogP contribution is -2.07. The molecule has 0 fully saturated rings. The third-order valence-electron chi connectivity index (χ3n) is 4.45. The lowest BCUT2D eigenvalue weighted by Gasteiger charge is -2.06. The van der Waals surface area contributed by atoms with Gasteiger partial charge in [-0.2, -0.15) is 0 Å². The Kier molecular flexibility index (Phi) is 9.05. The Morgan fingerprint density at radius 2 is 1.30 bits per heavy atom. The minimum Gasteiger partial charge on any atom is -0.462 e. The maximum atomic E-state index is 12.4. The second-order valence-corrected chi connectivity index (χ2v) is 6.61. The largest absolute Gasteiger partial charge is 0.462 e. The van der Waals surface area contributed by atoms with Crippen molar-refractivity contribution in [1.29, 1.82) is 0 Å². The second kappa shape index (κ2) is 11.8. The van der Waals surface area contributed by atoms with E-state index in [1.807, 2.05) is 24.3 Å². The van der Waals surface area contributed by atoms with Gasteiger partial charge in [-0.05, 0) is 31.4 Å². The van der Waals surface area contributed by atoms with Gasteiger partial charge in [-0.15, -0.1) is 6.58 Å². The molecule has 0 aliphatic carbocycles. The molecule has 0 saturated heterocycles. The molecule has 0 radical (unpaired) electrons. The van der Waals surface area contributed by atoms with Crippen LogP contribution in [-0.2, 0) is 4.74 Å². The van der Waals surface area contributed by atoms with Crippen LogP contribution in [0.1, 0.15) is 71.2 Å². The molecule has 3 nitrogen and oxygen atoms in total. The van der Waals surface area contributed by atoms with E-state index in [2.05, 4.69) is 6.58 Å². The summed E-state index contributed by atoms with van der Waals surface area (Å²) < 4.78 is 5.32. The van der Waals surface area contributed by atoms with Gasteiger partial charge in [0.05, 0.1) is 12.2 Å². The standard InChI is InChI=1S/C24H28O3/c1-2-3-4-5-6-7-8-12-19-27-24(26)22-17-15-21(16-18-22)23(25)20-13-10-9-11-14-20/h2,9-11,13-18H,1,3-8,12,19H2. The molecule has 0 amide bonds. The molecule has 0 spiro atoms. The Balaban J connectivity index is 1.69. The van der Waals surface area contributed by atoms with Crippen LogP contribution in [0.2, 0.25) is 0 Å². The van der Waals surface area contributed by atoms with Crippen molar-refractivity contribution < 1.29 is 14.3 Å². The SMILES string of the molecule is C=CCCCCCCCCOC(=O)c1ccc(C(=O)c2ccccc2)cc1. The van der Waals surface area contributed by atoms with Crippen LogP contribution in [0.3, 0.4) is 0 Å². The van der Waals surface area contributed by atoms with Crippen LogP contribution in [-0.4, -0.2) is 18.4 Å². The van der Waals surface area contributed by atoms with E-state index in [9.17, 15) is 9.59 Å². The van der Waals surface area contributed by atoms with E-state index in [4.69, 9.17) is 4.74 Å². The predicted molar refractivity (Wildman–Crippen MR) is 109 cm³/mol. The molecule has 2 aromatic rings. The minimum absolute atomic E-state index is 0.0522. The van der Waals surface area contributed by atoms with Crippen LogP contribution in [0.5, 0.6) is 0 Å². The number of carbonyl (C=O) groups excluding carboxylic acids is 2. The van der Waals surface area contributed by atoms with Crippen molar-refractivity contribution in [2.75, 3.05) is 6.61 Å². The average molecular weight is 364 g/mol. The normalized spacial score (nSPS) is 10.4. The number of esters is 1. The molecule has 0 unspecified atom stereocenters. The first-order valence-corrected chi connectivity index (χ1v) is 9.70. The molecule has 2 aromatic carbocycles. The predicted octanol–water partition coefficient (Wildman–Crippen LogP) is 5.99. The van der Waals surface area contributed by atoms with Crippen molar-refractivity contribution in [3.05, 3.63) is 83.9 Å². The fourth-order valence-electron chi connectivity index (χ4n) is 2.86. The number of unbranched alkanes of at least 4 members (excludes halogenated alkanes) is 6. The molecule has 0 heterocycles. The fraction of sp³-hybridized carbons (Fsp3) is 0.333. The van der Waals surface area contributed by atoms with Crippen LogP contribution in [0.25, 0.3) is 0 Å². The summed E-state index contributed by atoms with van der Waals surface area (Å²) in [5, 5.41) is 0. The van der Waals surface area contributed by atoms with Crippen molar-refractivity contribution in [1.82, 2.24) is 0 Å². The van der Waals surface area contributed by atoms with E-state index >= 15 is 0 Å². The first-order chi connectivity index (χ1) is 13.2. The van der Waals surface area contributed by atoms with Crippen molar-refractivity contribution in [3.8, 4) is 0 Å². The Hall–Kier alpha value is -2.68. The maximum Gasteiger partial charge on any atom is 0.338 e. The molecule has 0 aromatic heterocycles. The van der Waals surface area contributed by atoms with Crippen molar-refractivity contribution in [2.24, 2.45) is 0 Å². The summed E-state index contributed by atoms with van der Waals surface area (Å²) in [6, 6.07) is 15.8.